The third-order valence-electron chi connectivity index (χ3n) is 4.24. The van der Waals surface area contributed by atoms with E-state index in [1.54, 1.807) is 0 Å². The van der Waals surface area contributed by atoms with Gasteiger partial charge in [-0.25, -0.2) is 0 Å². The van der Waals surface area contributed by atoms with Gasteiger partial charge in [-0.3, -0.25) is 4.79 Å². The molecule has 1 saturated carbocycles. The normalized spacial score (nSPS) is 16.6. The lowest BCUT2D eigenvalue weighted by atomic mass is 9.98. The zero-order valence-electron chi connectivity index (χ0n) is 12.4. The predicted molar refractivity (Wildman–Crippen MR) is 90.2 cm³/mol. The number of carbonyl (C=O) groups is 1. The second-order valence-corrected chi connectivity index (χ2v) is 6.30. The third kappa shape index (κ3) is 4.81. The molecule has 2 rings (SSSR count). The van der Waals surface area contributed by atoms with Crippen molar-refractivity contribution >= 4 is 23.1 Å². The van der Waals surface area contributed by atoms with E-state index in [9.17, 15) is 4.79 Å². The summed E-state index contributed by atoms with van der Waals surface area (Å²) in [5.41, 5.74) is 6.60. The lowest BCUT2D eigenvalue weighted by Crippen LogP contribution is -2.36. The van der Waals surface area contributed by atoms with Gasteiger partial charge in [0.2, 0.25) is 5.91 Å². The van der Waals surface area contributed by atoms with Crippen LogP contribution in [-0.4, -0.2) is 17.4 Å². The summed E-state index contributed by atoms with van der Waals surface area (Å²) >= 11 is 5.06. The summed E-state index contributed by atoms with van der Waals surface area (Å²) in [6, 6.07) is 9.49. The fourth-order valence-corrected chi connectivity index (χ4v) is 3.34. The van der Waals surface area contributed by atoms with Gasteiger partial charge in [0.1, 0.15) is 5.92 Å². The van der Waals surface area contributed by atoms with Crippen molar-refractivity contribution in [3.8, 4) is 0 Å². The Hall–Kier alpha value is -1.42. The van der Waals surface area contributed by atoms with Crippen LogP contribution in [0.15, 0.2) is 30.3 Å². The van der Waals surface area contributed by atoms with Crippen molar-refractivity contribution in [2.75, 3.05) is 6.54 Å². The summed E-state index contributed by atoms with van der Waals surface area (Å²) in [5.74, 6) is 0.259. The summed E-state index contributed by atoms with van der Waals surface area (Å²) < 4.78 is 0. The van der Waals surface area contributed by atoms with Gasteiger partial charge in [0.25, 0.3) is 0 Å². The fourth-order valence-electron chi connectivity index (χ4n) is 3.09. The molecule has 114 valence electrons. The van der Waals surface area contributed by atoms with E-state index in [-0.39, 0.29) is 10.9 Å². The number of thiocarbonyl (C=S) groups is 1. The van der Waals surface area contributed by atoms with Crippen LogP contribution in [-0.2, 0) is 4.79 Å². The predicted octanol–water partition coefficient (Wildman–Crippen LogP) is 3.14. The molecule has 0 heterocycles. The summed E-state index contributed by atoms with van der Waals surface area (Å²) in [5, 5.41) is 2.98. The van der Waals surface area contributed by atoms with Crippen LogP contribution >= 0.6 is 12.2 Å². The standard InChI is InChI=1S/C17H24N2OS/c18-16(21)15(14-10-2-1-3-11-14)17(20)19-12-6-9-13-7-4-5-8-13/h1-3,10-11,13,15H,4-9,12H2,(H2,18,21)(H,19,20). The number of hydrogen-bond acceptors (Lipinski definition) is 2. The highest BCUT2D eigenvalue weighted by molar-refractivity contribution is 7.80. The van der Waals surface area contributed by atoms with Gasteiger partial charge in [0, 0.05) is 6.54 Å². The van der Waals surface area contributed by atoms with Gasteiger partial charge in [0.15, 0.2) is 0 Å². The van der Waals surface area contributed by atoms with Crippen LogP contribution in [0.5, 0.6) is 0 Å². The molecule has 21 heavy (non-hydrogen) atoms. The van der Waals surface area contributed by atoms with E-state index in [4.69, 9.17) is 18.0 Å². The number of rotatable bonds is 7. The van der Waals surface area contributed by atoms with Gasteiger partial charge in [-0.15, -0.1) is 0 Å². The molecule has 0 radical (unpaired) electrons. The second-order valence-electron chi connectivity index (χ2n) is 5.83. The molecular weight excluding hydrogens is 280 g/mol. The maximum atomic E-state index is 12.3. The topological polar surface area (TPSA) is 55.1 Å². The first kappa shape index (κ1) is 16.0. The van der Waals surface area contributed by atoms with Crippen LogP contribution in [0.2, 0.25) is 0 Å². The number of nitrogens with two attached hydrogens (primary N) is 1. The molecule has 0 aromatic heterocycles. The molecule has 1 atom stereocenters. The molecule has 1 unspecified atom stereocenters. The maximum Gasteiger partial charge on any atom is 0.234 e. The Labute approximate surface area is 132 Å². The van der Waals surface area contributed by atoms with Crippen LogP contribution in [0.1, 0.15) is 50.0 Å². The van der Waals surface area contributed by atoms with Crippen LogP contribution in [0.3, 0.4) is 0 Å². The Bertz CT molecular complexity index is 469. The Morgan fingerprint density at radius 3 is 2.57 bits per heavy atom. The third-order valence-corrected chi connectivity index (χ3v) is 4.48. The van der Waals surface area contributed by atoms with Crippen LogP contribution in [0, 0.1) is 5.92 Å². The molecule has 0 aliphatic heterocycles. The Morgan fingerprint density at radius 2 is 1.95 bits per heavy atom. The smallest absolute Gasteiger partial charge is 0.234 e. The minimum absolute atomic E-state index is 0.0832. The van der Waals surface area contributed by atoms with Gasteiger partial charge in [-0.2, -0.15) is 0 Å². The van der Waals surface area contributed by atoms with E-state index < -0.39 is 5.92 Å². The average Bonchev–Trinajstić information content (AvgIpc) is 2.98. The Kier molecular flexibility index (Phi) is 6.18. The lowest BCUT2D eigenvalue weighted by molar-refractivity contribution is -0.121. The maximum absolute atomic E-state index is 12.3. The highest BCUT2D eigenvalue weighted by Gasteiger charge is 2.23. The fraction of sp³-hybridized carbons (Fsp3) is 0.529. The van der Waals surface area contributed by atoms with Gasteiger partial charge in [-0.05, 0) is 24.3 Å². The number of benzene rings is 1. The van der Waals surface area contributed by atoms with Gasteiger partial charge in [0.05, 0.1) is 4.99 Å². The summed E-state index contributed by atoms with van der Waals surface area (Å²) in [7, 11) is 0. The molecule has 0 bridgehead atoms. The van der Waals surface area contributed by atoms with Crippen molar-refractivity contribution in [1.29, 1.82) is 0 Å². The molecule has 1 aliphatic carbocycles. The van der Waals surface area contributed by atoms with Crippen molar-refractivity contribution in [2.45, 2.75) is 44.4 Å². The van der Waals surface area contributed by atoms with Gasteiger partial charge in [-0.1, -0.05) is 68.2 Å². The minimum Gasteiger partial charge on any atom is -0.392 e. The molecule has 1 fully saturated rings. The van der Waals surface area contributed by atoms with Crippen molar-refractivity contribution in [2.24, 2.45) is 11.7 Å². The van der Waals surface area contributed by atoms with E-state index in [2.05, 4.69) is 5.32 Å². The van der Waals surface area contributed by atoms with E-state index in [0.29, 0.717) is 6.54 Å². The summed E-state index contributed by atoms with van der Waals surface area (Å²) in [6.45, 7) is 0.710. The first-order valence-electron chi connectivity index (χ1n) is 7.80. The minimum atomic E-state index is -0.521. The molecule has 1 aromatic rings. The molecule has 1 amide bonds. The monoisotopic (exact) mass is 304 g/mol. The average molecular weight is 304 g/mol. The summed E-state index contributed by atoms with van der Waals surface area (Å²) in [4.78, 5) is 12.5. The highest BCUT2D eigenvalue weighted by Crippen LogP contribution is 2.28. The lowest BCUT2D eigenvalue weighted by Gasteiger charge is -2.16. The van der Waals surface area contributed by atoms with E-state index in [1.807, 2.05) is 30.3 Å². The first-order chi connectivity index (χ1) is 10.2. The summed E-state index contributed by atoms with van der Waals surface area (Å²) in [6.07, 6.45) is 7.70. The number of hydrogen-bond donors (Lipinski definition) is 2. The Morgan fingerprint density at radius 1 is 1.29 bits per heavy atom. The van der Waals surface area contributed by atoms with E-state index in [0.717, 1.165) is 17.9 Å². The van der Waals surface area contributed by atoms with Crippen LogP contribution in [0.4, 0.5) is 0 Å². The molecule has 4 heteroatoms. The van der Waals surface area contributed by atoms with Crippen LogP contribution in [0.25, 0.3) is 0 Å². The zero-order chi connectivity index (χ0) is 15.1. The number of amides is 1. The SMILES string of the molecule is NC(=S)C(C(=O)NCCCC1CCCC1)c1ccccc1. The van der Waals surface area contributed by atoms with Crippen molar-refractivity contribution in [1.82, 2.24) is 5.32 Å². The zero-order valence-corrected chi connectivity index (χ0v) is 13.2. The van der Waals surface area contributed by atoms with Crippen molar-refractivity contribution in [3.63, 3.8) is 0 Å². The van der Waals surface area contributed by atoms with Crippen molar-refractivity contribution in [3.05, 3.63) is 35.9 Å². The second kappa shape index (κ2) is 8.13. The largest absolute Gasteiger partial charge is 0.392 e. The molecule has 1 aliphatic rings. The molecular formula is C17H24N2OS. The van der Waals surface area contributed by atoms with Gasteiger partial charge >= 0.3 is 0 Å². The van der Waals surface area contributed by atoms with Crippen LogP contribution < -0.4 is 11.1 Å². The van der Waals surface area contributed by atoms with E-state index >= 15 is 0 Å². The van der Waals surface area contributed by atoms with Crippen molar-refractivity contribution < 1.29 is 4.79 Å². The van der Waals surface area contributed by atoms with Gasteiger partial charge < -0.3 is 11.1 Å². The molecule has 1 aromatic carbocycles. The van der Waals surface area contributed by atoms with E-state index in [1.165, 1.54) is 32.1 Å². The molecule has 3 N–H and O–H groups in total. The quantitative estimate of drug-likeness (QED) is 0.601. The highest BCUT2D eigenvalue weighted by atomic mass is 32.1. The number of nitrogens with one attached hydrogen (secondary N) is 1. The molecule has 0 saturated heterocycles. The first-order valence-corrected chi connectivity index (χ1v) is 8.21. The molecule has 0 spiro atoms. The number of carbonyl (C=O) groups excluding carboxylic acids is 1. The molecule has 3 nitrogen and oxygen atoms in total. The Balaban J connectivity index is 1.80.